The topological polar surface area (TPSA) is 0 Å². The number of unbranched alkanes of at least 4 members (excludes halogenated alkanes) is 3. The van der Waals surface area contributed by atoms with E-state index in [2.05, 4.69) is 6.08 Å². The molecule has 0 atom stereocenters. The van der Waals surface area contributed by atoms with Crippen molar-refractivity contribution in [3.63, 3.8) is 0 Å². The molecule has 0 aliphatic heterocycles. The first-order valence-electron chi connectivity index (χ1n) is 3.59. The number of allylic oxidation sites excluding steroid dienone is 2. The van der Waals surface area contributed by atoms with Gasteiger partial charge in [0.2, 0.25) is 0 Å². The fourth-order valence-electron chi connectivity index (χ4n) is 0.700. The van der Waals surface area contributed by atoms with Gasteiger partial charge in [0.05, 0.1) is 6.67 Å². The molecule has 1 heteroatoms. The molecule has 0 unspecified atom stereocenters. The third kappa shape index (κ3) is 7.67. The van der Waals surface area contributed by atoms with Crippen LogP contribution in [0.1, 0.15) is 32.6 Å². The minimum Gasteiger partial charge on any atom is -0.251 e. The van der Waals surface area contributed by atoms with Gasteiger partial charge in [-0.15, -0.1) is 0 Å². The Morgan fingerprint density at radius 2 is 2.00 bits per heavy atom. The van der Waals surface area contributed by atoms with E-state index in [4.69, 9.17) is 0 Å². The monoisotopic (exact) mass is 130 g/mol. The SMILES string of the molecule is CC=CCCCCCF. The Morgan fingerprint density at radius 3 is 2.56 bits per heavy atom. The van der Waals surface area contributed by atoms with Gasteiger partial charge >= 0.3 is 0 Å². The summed E-state index contributed by atoms with van der Waals surface area (Å²) in [7, 11) is 0. The second kappa shape index (κ2) is 7.67. The molecule has 54 valence electrons. The molecule has 0 heterocycles. The van der Waals surface area contributed by atoms with Gasteiger partial charge in [0.15, 0.2) is 0 Å². The summed E-state index contributed by atoms with van der Waals surface area (Å²) in [6.07, 6.45) is 8.16. The highest BCUT2D eigenvalue weighted by molar-refractivity contribution is 4.75. The third-order valence-corrected chi connectivity index (χ3v) is 1.24. The normalized spacial score (nSPS) is 10.9. The van der Waals surface area contributed by atoms with Crippen LogP contribution in [0, 0.1) is 0 Å². The summed E-state index contributed by atoms with van der Waals surface area (Å²) in [5.74, 6) is 0. The maximum Gasteiger partial charge on any atom is 0.0894 e. The summed E-state index contributed by atoms with van der Waals surface area (Å²) in [6.45, 7) is 1.85. The molecule has 0 bridgehead atoms. The first kappa shape index (κ1) is 8.67. The maximum atomic E-state index is 11.5. The van der Waals surface area contributed by atoms with E-state index < -0.39 is 0 Å². The van der Waals surface area contributed by atoms with Crippen molar-refractivity contribution in [1.82, 2.24) is 0 Å². The molecular formula is C8H15F. The summed E-state index contributed by atoms with van der Waals surface area (Å²) in [4.78, 5) is 0. The summed E-state index contributed by atoms with van der Waals surface area (Å²) in [6, 6.07) is 0. The Bertz CT molecular complexity index is 67.0. The van der Waals surface area contributed by atoms with Crippen LogP contribution in [0.3, 0.4) is 0 Å². The van der Waals surface area contributed by atoms with Crippen molar-refractivity contribution in [2.75, 3.05) is 6.67 Å². The fraction of sp³-hybridized carbons (Fsp3) is 0.750. The lowest BCUT2D eigenvalue weighted by Crippen LogP contribution is -1.76. The van der Waals surface area contributed by atoms with Crippen LogP contribution >= 0.6 is 0 Å². The largest absolute Gasteiger partial charge is 0.251 e. The lowest BCUT2D eigenvalue weighted by atomic mass is 10.2. The number of hydrogen-bond acceptors (Lipinski definition) is 0. The quantitative estimate of drug-likeness (QED) is 0.396. The first-order chi connectivity index (χ1) is 4.41. The van der Waals surface area contributed by atoms with Crippen LogP contribution in [0.2, 0.25) is 0 Å². The summed E-state index contributed by atoms with van der Waals surface area (Å²) in [5.41, 5.74) is 0. The smallest absolute Gasteiger partial charge is 0.0894 e. The maximum absolute atomic E-state index is 11.5. The van der Waals surface area contributed by atoms with E-state index in [0.29, 0.717) is 0 Å². The van der Waals surface area contributed by atoms with E-state index >= 15 is 0 Å². The standard InChI is InChI=1S/C8H15F/c1-2-3-4-5-6-7-8-9/h2-3H,4-8H2,1H3. The molecule has 0 aromatic heterocycles. The molecule has 0 N–H and O–H groups in total. The molecule has 0 rings (SSSR count). The second-order valence-corrected chi connectivity index (χ2v) is 2.11. The Labute approximate surface area is 56.8 Å². The van der Waals surface area contributed by atoms with Gasteiger partial charge in [-0.25, -0.2) is 0 Å². The zero-order chi connectivity index (χ0) is 6.95. The molecule has 0 aliphatic carbocycles. The average Bonchev–Trinajstić information content (AvgIpc) is 1.89. The molecule has 0 nitrogen and oxygen atoms in total. The van der Waals surface area contributed by atoms with Gasteiger partial charge in [-0.1, -0.05) is 18.6 Å². The molecular weight excluding hydrogens is 115 g/mol. The zero-order valence-corrected chi connectivity index (χ0v) is 6.07. The van der Waals surface area contributed by atoms with E-state index in [1.165, 1.54) is 0 Å². The van der Waals surface area contributed by atoms with Gasteiger partial charge in [-0.3, -0.25) is 4.39 Å². The van der Waals surface area contributed by atoms with Crippen molar-refractivity contribution in [2.45, 2.75) is 32.6 Å². The number of hydrogen-bond donors (Lipinski definition) is 0. The van der Waals surface area contributed by atoms with E-state index in [1.807, 2.05) is 13.0 Å². The van der Waals surface area contributed by atoms with Crippen molar-refractivity contribution in [3.8, 4) is 0 Å². The molecule has 0 radical (unpaired) electrons. The van der Waals surface area contributed by atoms with E-state index in [-0.39, 0.29) is 6.67 Å². The number of alkyl halides is 1. The van der Waals surface area contributed by atoms with Crippen LogP contribution in [0.25, 0.3) is 0 Å². The van der Waals surface area contributed by atoms with Gasteiger partial charge in [-0.05, 0) is 26.2 Å². The van der Waals surface area contributed by atoms with Crippen molar-refractivity contribution in [3.05, 3.63) is 12.2 Å². The molecule has 0 spiro atoms. The van der Waals surface area contributed by atoms with Crippen LogP contribution in [-0.2, 0) is 0 Å². The Balaban J connectivity index is 2.75. The highest BCUT2D eigenvalue weighted by Crippen LogP contribution is 2.00. The van der Waals surface area contributed by atoms with Crippen LogP contribution in [0.15, 0.2) is 12.2 Å². The fourth-order valence-corrected chi connectivity index (χ4v) is 0.700. The molecule has 9 heavy (non-hydrogen) atoms. The van der Waals surface area contributed by atoms with Crippen molar-refractivity contribution in [1.29, 1.82) is 0 Å². The summed E-state index contributed by atoms with van der Waals surface area (Å²) in [5, 5.41) is 0. The van der Waals surface area contributed by atoms with Crippen molar-refractivity contribution in [2.24, 2.45) is 0 Å². The Kier molecular flexibility index (Phi) is 7.39. The Morgan fingerprint density at radius 1 is 1.22 bits per heavy atom. The van der Waals surface area contributed by atoms with E-state index in [9.17, 15) is 4.39 Å². The van der Waals surface area contributed by atoms with Gasteiger partial charge in [0.1, 0.15) is 0 Å². The number of rotatable bonds is 5. The average molecular weight is 130 g/mol. The highest BCUT2D eigenvalue weighted by atomic mass is 19.1. The first-order valence-corrected chi connectivity index (χ1v) is 3.59. The van der Waals surface area contributed by atoms with Crippen molar-refractivity contribution < 1.29 is 4.39 Å². The van der Waals surface area contributed by atoms with Crippen LogP contribution in [0.5, 0.6) is 0 Å². The zero-order valence-electron chi connectivity index (χ0n) is 6.07. The number of halogens is 1. The minimum absolute atomic E-state index is 0.157. The summed E-state index contributed by atoms with van der Waals surface area (Å²) < 4.78 is 11.5. The van der Waals surface area contributed by atoms with Gasteiger partial charge < -0.3 is 0 Å². The lowest BCUT2D eigenvalue weighted by Gasteiger charge is -1.91. The molecule has 0 aromatic carbocycles. The Hall–Kier alpha value is -0.330. The van der Waals surface area contributed by atoms with Gasteiger partial charge in [0, 0.05) is 0 Å². The lowest BCUT2D eigenvalue weighted by molar-refractivity contribution is 0.457. The van der Waals surface area contributed by atoms with Gasteiger partial charge in [0.25, 0.3) is 0 Å². The molecule has 0 fully saturated rings. The minimum atomic E-state index is -0.157. The van der Waals surface area contributed by atoms with Crippen LogP contribution in [-0.4, -0.2) is 6.67 Å². The summed E-state index contributed by atoms with van der Waals surface area (Å²) >= 11 is 0. The van der Waals surface area contributed by atoms with E-state index in [0.717, 1.165) is 25.7 Å². The molecule has 0 aliphatic rings. The molecule has 0 amide bonds. The van der Waals surface area contributed by atoms with Crippen LogP contribution < -0.4 is 0 Å². The molecule has 0 aromatic rings. The highest BCUT2D eigenvalue weighted by Gasteiger charge is 1.84. The molecule has 0 saturated heterocycles. The third-order valence-electron chi connectivity index (χ3n) is 1.24. The van der Waals surface area contributed by atoms with Crippen LogP contribution in [0.4, 0.5) is 4.39 Å². The van der Waals surface area contributed by atoms with Crippen molar-refractivity contribution >= 4 is 0 Å². The predicted molar refractivity (Wildman–Crippen MR) is 39.3 cm³/mol. The predicted octanol–water partition coefficient (Wildman–Crippen LogP) is 3.09. The molecule has 0 saturated carbocycles. The second-order valence-electron chi connectivity index (χ2n) is 2.11. The van der Waals surface area contributed by atoms with Gasteiger partial charge in [-0.2, -0.15) is 0 Å². The van der Waals surface area contributed by atoms with E-state index in [1.54, 1.807) is 0 Å².